The average Bonchev–Trinajstić information content (AvgIpc) is 2.95. The van der Waals surface area contributed by atoms with E-state index in [0.29, 0.717) is 6.54 Å². The Morgan fingerprint density at radius 2 is 2.41 bits per heavy atom. The molecule has 0 saturated heterocycles. The van der Waals surface area contributed by atoms with E-state index < -0.39 is 0 Å². The second kappa shape index (κ2) is 5.34. The van der Waals surface area contributed by atoms with Gasteiger partial charge in [-0.25, -0.2) is 4.98 Å². The van der Waals surface area contributed by atoms with Crippen molar-refractivity contribution in [1.82, 2.24) is 30.7 Å². The molecule has 0 bridgehead atoms. The van der Waals surface area contributed by atoms with Crippen molar-refractivity contribution in [2.45, 2.75) is 12.8 Å². The fourth-order valence-corrected chi connectivity index (χ4v) is 1.74. The van der Waals surface area contributed by atoms with Crippen LogP contribution in [-0.2, 0) is 6.42 Å². The van der Waals surface area contributed by atoms with Crippen molar-refractivity contribution < 1.29 is 4.79 Å². The zero-order valence-electron chi connectivity index (χ0n) is 8.88. The van der Waals surface area contributed by atoms with E-state index in [9.17, 15) is 4.79 Å². The number of aromatic nitrogens is 5. The first-order valence-electron chi connectivity index (χ1n) is 4.97. The number of carbonyl (C=O) groups excluding carboxylic acids is 1. The number of hydrogen-bond donors (Lipinski definition) is 3. The number of nitrogen functional groups attached to an aromatic ring is 1. The van der Waals surface area contributed by atoms with Gasteiger partial charge in [0.15, 0.2) is 0 Å². The smallest absolute Gasteiger partial charge is 0.282 e. The SMILES string of the molecule is Nc1nnc(C(=O)NCCCc2ncn[nH]2)s1. The molecule has 0 fully saturated rings. The summed E-state index contributed by atoms with van der Waals surface area (Å²) in [5, 5.41) is 17.0. The van der Waals surface area contributed by atoms with Crippen LogP contribution >= 0.6 is 11.3 Å². The highest BCUT2D eigenvalue weighted by molar-refractivity contribution is 7.16. The zero-order chi connectivity index (χ0) is 12.1. The summed E-state index contributed by atoms with van der Waals surface area (Å²) in [6, 6.07) is 0. The van der Waals surface area contributed by atoms with Gasteiger partial charge in [0.25, 0.3) is 5.91 Å². The zero-order valence-corrected chi connectivity index (χ0v) is 9.70. The molecule has 1 amide bonds. The summed E-state index contributed by atoms with van der Waals surface area (Å²) in [5.41, 5.74) is 5.38. The highest BCUT2D eigenvalue weighted by atomic mass is 32.1. The molecular weight excluding hydrogens is 242 g/mol. The molecule has 2 heterocycles. The number of H-pyrrole nitrogens is 1. The van der Waals surface area contributed by atoms with Crippen molar-refractivity contribution in [3.05, 3.63) is 17.2 Å². The quantitative estimate of drug-likeness (QED) is 0.623. The summed E-state index contributed by atoms with van der Waals surface area (Å²) in [6.45, 7) is 0.541. The number of nitrogens with zero attached hydrogens (tertiary/aromatic N) is 4. The summed E-state index contributed by atoms with van der Waals surface area (Å²) in [7, 11) is 0. The molecule has 2 aromatic rings. The highest BCUT2D eigenvalue weighted by Crippen LogP contribution is 2.10. The molecule has 0 aliphatic rings. The predicted octanol–water partition coefficient (Wildman–Crippen LogP) is -0.399. The minimum absolute atomic E-state index is 0.253. The van der Waals surface area contributed by atoms with Crippen LogP contribution in [0.2, 0.25) is 0 Å². The van der Waals surface area contributed by atoms with Gasteiger partial charge in [0.1, 0.15) is 12.2 Å². The van der Waals surface area contributed by atoms with Crippen molar-refractivity contribution in [3.8, 4) is 0 Å². The number of carbonyl (C=O) groups is 1. The van der Waals surface area contributed by atoms with E-state index in [4.69, 9.17) is 5.73 Å². The molecule has 90 valence electrons. The van der Waals surface area contributed by atoms with E-state index in [2.05, 4.69) is 30.7 Å². The Balaban J connectivity index is 1.70. The number of amides is 1. The Labute approximate surface area is 101 Å². The van der Waals surface area contributed by atoms with Gasteiger partial charge in [0, 0.05) is 13.0 Å². The maximum absolute atomic E-state index is 11.5. The van der Waals surface area contributed by atoms with Gasteiger partial charge in [-0.2, -0.15) is 5.10 Å². The third-order valence-electron chi connectivity index (χ3n) is 1.98. The van der Waals surface area contributed by atoms with Crippen LogP contribution in [-0.4, -0.2) is 37.8 Å². The van der Waals surface area contributed by atoms with Gasteiger partial charge in [-0.1, -0.05) is 11.3 Å². The Morgan fingerprint density at radius 1 is 1.53 bits per heavy atom. The molecular formula is C8H11N7OS. The summed E-state index contributed by atoms with van der Waals surface area (Å²) in [6.07, 6.45) is 2.96. The standard InChI is InChI=1S/C8H11N7OS/c9-8-15-14-7(17-8)6(16)10-3-1-2-5-11-4-12-13-5/h4H,1-3H2,(H2,9,15)(H,10,16)(H,11,12,13). The van der Waals surface area contributed by atoms with Gasteiger partial charge in [-0.15, -0.1) is 10.2 Å². The Morgan fingerprint density at radius 3 is 3.06 bits per heavy atom. The van der Waals surface area contributed by atoms with E-state index >= 15 is 0 Å². The molecule has 17 heavy (non-hydrogen) atoms. The van der Waals surface area contributed by atoms with Crippen molar-refractivity contribution in [2.24, 2.45) is 0 Å². The number of nitrogens with two attached hydrogens (primary N) is 1. The number of anilines is 1. The van der Waals surface area contributed by atoms with Crippen LogP contribution in [0.5, 0.6) is 0 Å². The van der Waals surface area contributed by atoms with Crippen molar-refractivity contribution in [2.75, 3.05) is 12.3 Å². The van der Waals surface area contributed by atoms with Gasteiger partial charge in [-0.05, 0) is 6.42 Å². The van der Waals surface area contributed by atoms with Crippen molar-refractivity contribution >= 4 is 22.4 Å². The first kappa shape index (κ1) is 11.5. The lowest BCUT2D eigenvalue weighted by molar-refractivity contribution is 0.0952. The molecule has 0 aliphatic heterocycles. The molecule has 4 N–H and O–H groups in total. The topological polar surface area (TPSA) is 122 Å². The maximum atomic E-state index is 11.5. The summed E-state index contributed by atoms with van der Waals surface area (Å²) in [4.78, 5) is 15.5. The normalized spacial score (nSPS) is 10.4. The van der Waals surface area contributed by atoms with Crippen LogP contribution in [0.4, 0.5) is 5.13 Å². The molecule has 0 atom stereocenters. The van der Waals surface area contributed by atoms with Gasteiger partial charge < -0.3 is 11.1 Å². The number of aromatic amines is 1. The minimum atomic E-state index is -0.253. The van der Waals surface area contributed by atoms with Crippen LogP contribution in [0, 0.1) is 0 Å². The fraction of sp³-hybridized carbons (Fsp3) is 0.375. The molecule has 0 aliphatic carbocycles. The summed E-state index contributed by atoms with van der Waals surface area (Å²) in [5.74, 6) is 0.552. The lowest BCUT2D eigenvalue weighted by atomic mass is 10.3. The summed E-state index contributed by atoms with van der Waals surface area (Å²) >= 11 is 1.07. The lowest BCUT2D eigenvalue weighted by Crippen LogP contribution is -2.24. The molecule has 0 spiro atoms. The number of nitrogens with one attached hydrogen (secondary N) is 2. The molecule has 0 radical (unpaired) electrons. The Bertz CT molecular complexity index is 480. The highest BCUT2D eigenvalue weighted by Gasteiger charge is 2.10. The molecule has 2 rings (SSSR count). The van der Waals surface area contributed by atoms with Crippen LogP contribution in [0.1, 0.15) is 22.0 Å². The van der Waals surface area contributed by atoms with E-state index in [1.54, 1.807) is 0 Å². The van der Waals surface area contributed by atoms with Gasteiger partial charge in [0.2, 0.25) is 10.1 Å². The maximum Gasteiger partial charge on any atom is 0.282 e. The largest absolute Gasteiger partial charge is 0.374 e. The van der Waals surface area contributed by atoms with E-state index in [1.165, 1.54) is 6.33 Å². The third kappa shape index (κ3) is 3.21. The molecule has 8 nitrogen and oxygen atoms in total. The van der Waals surface area contributed by atoms with Crippen molar-refractivity contribution in [3.63, 3.8) is 0 Å². The number of aryl methyl sites for hydroxylation is 1. The first-order valence-corrected chi connectivity index (χ1v) is 5.79. The molecule has 0 unspecified atom stereocenters. The predicted molar refractivity (Wildman–Crippen MR) is 61.4 cm³/mol. The number of rotatable bonds is 5. The average molecular weight is 253 g/mol. The third-order valence-corrected chi connectivity index (χ3v) is 2.73. The van der Waals surface area contributed by atoms with Crippen LogP contribution in [0.25, 0.3) is 0 Å². The summed E-state index contributed by atoms with van der Waals surface area (Å²) < 4.78 is 0. The lowest BCUT2D eigenvalue weighted by Gasteiger charge is -2.00. The van der Waals surface area contributed by atoms with Crippen LogP contribution in [0.3, 0.4) is 0 Å². The van der Waals surface area contributed by atoms with Gasteiger partial charge in [-0.3, -0.25) is 9.89 Å². The van der Waals surface area contributed by atoms with E-state index in [0.717, 1.165) is 30.0 Å². The first-order chi connectivity index (χ1) is 8.25. The number of hydrogen-bond acceptors (Lipinski definition) is 7. The molecule has 0 saturated carbocycles. The molecule has 9 heteroatoms. The van der Waals surface area contributed by atoms with Gasteiger partial charge in [0.05, 0.1) is 0 Å². The van der Waals surface area contributed by atoms with Gasteiger partial charge >= 0.3 is 0 Å². The minimum Gasteiger partial charge on any atom is -0.374 e. The van der Waals surface area contributed by atoms with Crippen LogP contribution < -0.4 is 11.1 Å². The Kier molecular flexibility index (Phi) is 3.60. The second-order valence-electron chi connectivity index (χ2n) is 3.24. The monoisotopic (exact) mass is 253 g/mol. The fourth-order valence-electron chi connectivity index (χ4n) is 1.21. The molecule has 0 aromatic carbocycles. The van der Waals surface area contributed by atoms with E-state index in [-0.39, 0.29) is 16.0 Å². The van der Waals surface area contributed by atoms with Crippen molar-refractivity contribution in [1.29, 1.82) is 0 Å². The van der Waals surface area contributed by atoms with E-state index in [1.807, 2.05) is 0 Å². The van der Waals surface area contributed by atoms with Crippen LogP contribution in [0.15, 0.2) is 6.33 Å². The molecule has 2 aromatic heterocycles. The Hall–Kier alpha value is -2.03. The second-order valence-corrected chi connectivity index (χ2v) is 4.25.